The molecular formula is C8H13N3O3S. The van der Waals surface area contributed by atoms with E-state index in [-0.39, 0.29) is 11.1 Å². The molecule has 0 unspecified atom stereocenters. The summed E-state index contributed by atoms with van der Waals surface area (Å²) in [5.41, 5.74) is 0. The smallest absolute Gasteiger partial charge is 0.236 e. The van der Waals surface area contributed by atoms with E-state index in [2.05, 4.69) is 19.7 Å². The first kappa shape index (κ1) is 10.4. The Morgan fingerprint density at radius 1 is 1.47 bits per heavy atom. The van der Waals surface area contributed by atoms with Gasteiger partial charge >= 0.3 is 0 Å². The zero-order valence-electron chi connectivity index (χ0n) is 8.14. The van der Waals surface area contributed by atoms with Crippen LogP contribution in [0.5, 0.6) is 0 Å². The Hall–Kier alpha value is -1.08. The topological polar surface area (TPSA) is 84.2 Å². The van der Waals surface area contributed by atoms with Crippen LogP contribution < -0.4 is 10.0 Å². The summed E-state index contributed by atoms with van der Waals surface area (Å²) in [4.78, 5) is 0. The van der Waals surface area contributed by atoms with Crippen molar-refractivity contribution in [2.45, 2.75) is 18.1 Å². The molecule has 0 amide bonds. The highest BCUT2D eigenvalue weighted by Crippen LogP contribution is 2.16. The Morgan fingerprint density at radius 2 is 2.20 bits per heavy atom. The van der Waals surface area contributed by atoms with Gasteiger partial charge in [-0.05, 0) is 25.9 Å². The second-order valence-corrected chi connectivity index (χ2v) is 5.44. The van der Waals surface area contributed by atoms with Crippen molar-refractivity contribution < 1.29 is 12.9 Å². The van der Waals surface area contributed by atoms with Gasteiger partial charge < -0.3 is 9.84 Å². The van der Waals surface area contributed by atoms with Crippen LogP contribution in [0.25, 0.3) is 0 Å². The first-order chi connectivity index (χ1) is 7.18. The fourth-order valence-electron chi connectivity index (χ4n) is 1.60. The predicted octanol–water partition coefficient (Wildman–Crippen LogP) is 0.168. The number of sulfonamides is 1. The van der Waals surface area contributed by atoms with Gasteiger partial charge in [0.1, 0.15) is 6.26 Å². The van der Waals surface area contributed by atoms with E-state index in [0.29, 0.717) is 12.8 Å². The van der Waals surface area contributed by atoms with E-state index in [4.69, 9.17) is 0 Å². The molecule has 1 saturated heterocycles. The molecule has 7 heteroatoms. The van der Waals surface area contributed by atoms with Crippen LogP contribution in [0.4, 0.5) is 5.82 Å². The molecule has 15 heavy (non-hydrogen) atoms. The monoisotopic (exact) mass is 231 g/mol. The maximum atomic E-state index is 11.8. The van der Waals surface area contributed by atoms with Gasteiger partial charge in [-0.15, -0.1) is 0 Å². The number of nitrogens with zero attached hydrogens (tertiary/aromatic N) is 1. The van der Waals surface area contributed by atoms with Crippen molar-refractivity contribution in [1.29, 1.82) is 0 Å². The minimum atomic E-state index is -3.32. The van der Waals surface area contributed by atoms with E-state index in [1.807, 2.05) is 0 Å². The zero-order chi connectivity index (χ0) is 10.7. The van der Waals surface area contributed by atoms with Crippen molar-refractivity contribution in [1.82, 2.24) is 10.5 Å². The van der Waals surface area contributed by atoms with Crippen molar-refractivity contribution in [3.63, 3.8) is 0 Å². The molecule has 1 aromatic rings. The lowest BCUT2D eigenvalue weighted by Crippen LogP contribution is -2.38. The Morgan fingerprint density at radius 3 is 2.80 bits per heavy atom. The molecule has 0 radical (unpaired) electrons. The number of aromatic nitrogens is 1. The highest BCUT2D eigenvalue weighted by Gasteiger charge is 2.27. The second kappa shape index (κ2) is 4.19. The molecule has 1 aliphatic heterocycles. The zero-order valence-corrected chi connectivity index (χ0v) is 8.96. The highest BCUT2D eigenvalue weighted by atomic mass is 32.2. The average Bonchev–Trinajstić information content (AvgIpc) is 2.71. The SMILES string of the molecule is O=S(=O)(Nc1ccon1)C1CCNCC1. The summed E-state index contributed by atoms with van der Waals surface area (Å²) < 4.78 is 30.6. The molecule has 2 N–H and O–H groups in total. The van der Waals surface area contributed by atoms with Crippen LogP contribution in [0, 0.1) is 0 Å². The van der Waals surface area contributed by atoms with E-state index in [1.165, 1.54) is 12.3 Å². The van der Waals surface area contributed by atoms with Gasteiger partial charge in [0.05, 0.1) is 5.25 Å². The molecular weight excluding hydrogens is 218 g/mol. The van der Waals surface area contributed by atoms with Crippen LogP contribution in [0.1, 0.15) is 12.8 Å². The predicted molar refractivity (Wildman–Crippen MR) is 54.9 cm³/mol. The number of anilines is 1. The number of nitrogens with one attached hydrogen (secondary N) is 2. The van der Waals surface area contributed by atoms with Gasteiger partial charge in [0.2, 0.25) is 10.0 Å². The quantitative estimate of drug-likeness (QED) is 0.774. The van der Waals surface area contributed by atoms with Crippen molar-refractivity contribution in [2.75, 3.05) is 17.8 Å². The molecule has 0 atom stereocenters. The molecule has 1 aliphatic rings. The fourth-order valence-corrected chi connectivity index (χ4v) is 3.02. The third kappa shape index (κ3) is 2.48. The second-order valence-electron chi connectivity index (χ2n) is 3.48. The molecule has 0 spiro atoms. The van der Waals surface area contributed by atoms with Crippen molar-refractivity contribution in [3.05, 3.63) is 12.3 Å². The maximum absolute atomic E-state index is 11.8. The van der Waals surface area contributed by atoms with E-state index in [9.17, 15) is 8.42 Å². The van der Waals surface area contributed by atoms with Gasteiger partial charge in [-0.25, -0.2) is 8.42 Å². The molecule has 0 bridgehead atoms. The molecule has 2 rings (SSSR count). The number of hydrogen-bond acceptors (Lipinski definition) is 5. The first-order valence-corrected chi connectivity index (χ1v) is 6.36. The van der Waals surface area contributed by atoms with Gasteiger partial charge in [-0.2, -0.15) is 0 Å². The van der Waals surface area contributed by atoms with Crippen molar-refractivity contribution in [3.8, 4) is 0 Å². The van der Waals surface area contributed by atoms with Gasteiger partial charge in [0.15, 0.2) is 5.82 Å². The molecule has 84 valence electrons. The van der Waals surface area contributed by atoms with E-state index in [1.54, 1.807) is 0 Å². The molecule has 1 fully saturated rings. The normalized spacial score (nSPS) is 18.9. The van der Waals surface area contributed by atoms with Crippen LogP contribution in [-0.4, -0.2) is 31.9 Å². The molecule has 0 aromatic carbocycles. The van der Waals surface area contributed by atoms with E-state index >= 15 is 0 Å². The van der Waals surface area contributed by atoms with E-state index < -0.39 is 10.0 Å². The Balaban J connectivity index is 2.05. The third-order valence-corrected chi connectivity index (χ3v) is 4.25. The molecule has 0 saturated carbocycles. The molecule has 1 aromatic heterocycles. The van der Waals surface area contributed by atoms with Gasteiger partial charge in [0.25, 0.3) is 0 Å². The Bertz CT molecular complexity index is 395. The van der Waals surface area contributed by atoms with Crippen molar-refractivity contribution >= 4 is 15.8 Å². The van der Waals surface area contributed by atoms with Crippen LogP contribution >= 0.6 is 0 Å². The van der Waals surface area contributed by atoms with Crippen LogP contribution in [-0.2, 0) is 10.0 Å². The summed E-state index contributed by atoms with van der Waals surface area (Å²) in [5, 5.41) is 6.30. The number of rotatable bonds is 3. The van der Waals surface area contributed by atoms with Gasteiger partial charge in [-0.1, -0.05) is 5.16 Å². The van der Waals surface area contributed by atoms with Gasteiger partial charge in [-0.3, -0.25) is 4.72 Å². The molecule has 2 heterocycles. The maximum Gasteiger partial charge on any atom is 0.236 e. The number of piperidine rings is 1. The molecule has 6 nitrogen and oxygen atoms in total. The van der Waals surface area contributed by atoms with Crippen molar-refractivity contribution in [2.24, 2.45) is 0 Å². The summed E-state index contributed by atoms with van der Waals surface area (Å²) in [5.74, 6) is 0.244. The third-order valence-electron chi connectivity index (χ3n) is 2.41. The summed E-state index contributed by atoms with van der Waals surface area (Å²) in [7, 11) is -3.32. The standard InChI is InChI=1S/C8H13N3O3S/c12-15(13,7-1-4-9-5-2-7)11-8-3-6-14-10-8/h3,6-7,9H,1-2,4-5H2,(H,10,11). The summed E-state index contributed by atoms with van der Waals surface area (Å²) in [6.07, 6.45) is 2.60. The average molecular weight is 231 g/mol. The summed E-state index contributed by atoms with van der Waals surface area (Å²) in [6, 6.07) is 1.48. The lowest BCUT2D eigenvalue weighted by molar-refractivity contribution is 0.423. The summed E-state index contributed by atoms with van der Waals surface area (Å²) in [6.45, 7) is 1.48. The van der Waals surface area contributed by atoms with Gasteiger partial charge in [0, 0.05) is 6.07 Å². The van der Waals surface area contributed by atoms with E-state index in [0.717, 1.165) is 13.1 Å². The Kier molecular flexibility index (Phi) is 2.92. The fraction of sp³-hybridized carbons (Fsp3) is 0.625. The van der Waals surface area contributed by atoms with Crippen LogP contribution in [0.15, 0.2) is 16.9 Å². The number of hydrogen-bond donors (Lipinski definition) is 2. The first-order valence-electron chi connectivity index (χ1n) is 4.81. The minimum absolute atomic E-state index is 0.244. The lowest BCUT2D eigenvalue weighted by Gasteiger charge is -2.22. The largest absolute Gasteiger partial charge is 0.363 e. The Labute approximate surface area is 88.1 Å². The van der Waals surface area contributed by atoms with Crippen LogP contribution in [0.3, 0.4) is 0 Å². The molecule has 0 aliphatic carbocycles. The minimum Gasteiger partial charge on any atom is -0.363 e. The van der Waals surface area contributed by atoms with Crippen LogP contribution in [0.2, 0.25) is 0 Å². The highest BCUT2D eigenvalue weighted by molar-refractivity contribution is 7.93. The summed E-state index contributed by atoms with van der Waals surface area (Å²) >= 11 is 0. The lowest BCUT2D eigenvalue weighted by atomic mass is 10.2.